The molecule has 0 spiro atoms. The zero-order chi connectivity index (χ0) is 16.1. The first-order valence-corrected chi connectivity index (χ1v) is 7.68. The Morgan fingerprint density at radius 1 is 1.35 bits per heavy atom. The lowest BCUT2D eigenvalue weighted by atomic mass is 10.2. The molecule has 6 nitrogen and oxygen atoms in total. The lowest BCUT2D eigenvalue weighted by Gasteiger charge is -2.10. The van der Waals surface area contributed by atoms with Crippen molar-refractivity contribution in [2.24, 2.45) is 7.05 Å². The molecule has 1 saturated heterocycles. The van der Waals surface area contributed by atoms with Gasteiger partial charge in [0.05, 0.1) is 0 Å². The predicted octanol–water partition coefficient (Wildman–Crippen LogP) is 2.22. The summed E-state index contributed by atoms with van der Waals surface area (Å²) in [6, 6.07) is 7.49. The fraction of sp³-hybridized carbons (Fsp3) is 0.412. The normalized spacial score (nSPS) is 17.2. The molecule has 2 heterocycles. The van der Waals surface area contributed by atoms with Crippen LogP contribution >= 0.6 is 0 Å². The van der Waals surface area contributed by atoms with Gasteiger partial charge in [-0.05, 0) is 30.5 Å². The summed E-state index contributed by atoms with van der Waals surface area (Å²) < 4.78 is 18.2. The maximum absolute atomic E-state index is 11.8. The van der Waals surface area contributed by atoms with Crippen LogP contribution in [0, 0.1) is 0 Å². The Labute approximate surface area is 135 Å². The molecule has 1 aromatic carbocycles. The molecule has 2 aromatic rings. The number of ether oxygens (including phenoxy) is 3. The summed E-state index contributed by atoms with van der Waals surface area (Å²) in [5.41, 5.74) is 0.917. The van der Waals surface area contributed by atoms with E-state index in [4.69, 9.17) is 14.2 Å². The molecule has 0 amide bonds. The molecule has 0 radical (unpaired) electrons. The van der Waals surface area contributed by atoms with E-state index in [0.29, 0.717) is 13.2 Å². The fourth-order valence-electron chi connectivity index (χ4n) is 2.38. The van der Waals surface area contributed by atoms with E-state index >= 15 is 0 Å². The third-order valence-corrected chi connectivity index (χ3v) is 3.79. The second-order valence-corrected chi connectivity index (χ2v) is 5.50. The molecule has 1 atom stereocenters. The van der Waals surface area contributed by atoms with Crippen LogP contribution in [0.1, 0.15) is 24.2 Å². The van der Waals surface area contributed by atoms with E-state index < -0.39 is 6.10 Å². The van der Waals surface area contributed by atoms with Gasteiger partial charge in [0.2, 0.25) is 0 Å². The van der Waals surface area contributed by atoms with Crippen LogP contribution in [0.4, 0.5) is 0 Å². The minimum Gasteiger partial charge on any atom is -0.486 e. The van der Waals surface area contributed by atoms with Crippen molar-refractivity contribution in [2.75, 3.05) is 6.61 Å². The number of hydrogen-bond donors (Lipinski definition) is 0. The number of esters is 1. The Morgan fingerprint density at radius 2 is 2.17 bits per heavy atom. The standard InChI is InChI=1S/C17H20N2O4/c1-19-9-8-18-16(19)12-22-14-6-4-13(5-7-14)11-23-17(20)15-3-2-10-21-15/h4-9,15H,2-3,10-12H2,1H3/t15-/m1/s1. The van der Waals surface area contributed by atoms with Gasteiger partial charge in [0.1, 0.15) is 24.8 Å². The molecule has 1 aromatic heterocycles. The molecule has 1 aliphatic rings. The summed E-state index contributed by atoms with van der Waals surface area (Å²) in [6.45, 7) is 1.30. The van der Waals surface area contributed by atoms with Gasteiger partial charge in [-0.25, -0.2) is 9.78 Å². The lowest BCUT2D eigenvalue weighted by molar-refractivity contribution is -0.155. The van der Waals surface area contributed by atoms with Crippen LogP contribution < -0.4 is 4.74 Å². The highest BCUT2D eigenvalue weighted by molar-refractivity contribution is 5.74. The molecule has 0 unspecified atom stereocenters. The first-order valence-electron chi connectivity index (χ1n) is 7.68. The van der Waals surface area contributed by atoms with E-state index in [1.54, 1.807) is 6.20 Å². The van der Waals surface area contributed by atoms with Crippen LogP contribution in [0.5, 0.6) is 5.75 Å². The van der Waals surface area contributed by atoms with Crippen molar-refractivity contribution in [1.82, 2.24) is 9.55 Å². The Bertz CT molecular complexity index is 645. The average molecular weight is 316 g/mol. The number of nitrogens with zero attached hydrogens (tertiary/aromatic N) is 2. The van der Waals surface area contributed by atoms with Crippen molar-refractivity contribution in [3.63, 3.8) is 0 Å². The lowest BCUT2D eigenvalue weighted by Crippen LogP contribution is -2.21. The first-order chi connectivity index (χ1) is 11.2. The van der Waals surface area contributed by atoms with Crippen LogP contribution in [-0.2, 0) is 34.5 Å². The van der Waals surface area contributed by atoms with Crippen LogP contribution in [0.3, 0.4) is 0 Å². The van der Waals surface area contributed by atoms with E-state index in [2.05, 4.69) is 4.98 Å². The number of aromatic nitrogens is 2. The maximum Gasteiger partial charge on any atom is 0.335 e. The molecule has 122 valence electrons. The van der Waals surface area contributed by atoms with Crippen LogP contribution in [0.25, 0.3) is 0 Å². The van der Waals surface area contributed by atoms with E-state index in [1.807, 2.05) is 42.1 Å². The van der Waals surface area contributed by atoms with Gasteiger partial charge in [0.15, 0.2) is 6.10 Å². The number of benzene rings is 1. The Balaban J connectivity index is 1.47. The number of imidazole rings is 1. The highest BCUT2D eigenvalue weighted by atomic mass is 16.6. The van der Waals surface area contributed by atoms with Crippen LogP contribution in [0.15, 0.2) is 36.7 Å². The van der Waals surface area contributed by atoms with Gasteiger partial charge in [-0.2, -0.15) is 0 Å². The molecule has 1 fully saturated rings. The van der Waals surface area contributed by atoms with Gasteiger partial charge in [-0.1, -0.05) is 12.1 Å². The number of carbonyl (C=O) groups is 1. The van der Waals surface area contributed by atoms with E-state index in [0.717, 1.165) is 30.0 Å². The zero-order valence-electron chi connectivity index (χ0n) is 13.1. The summed E-state index contributed by atoms with van der Waals surface area (Å²) in [4.78, 5) is 16.0. The molecular weight excluding hydrogens is 296 g/mol. The minimum absolute atomic E-state index is 0.248. The smallest absolute Gasteiger partial charge is 0.335 e. The quantitative estimate of drug-likeness (QED) is 0.765. The summed E-state index contributed by atoms with van der Waals surface area (Å²) >= 11 is 0. The summed E-state index contributed by atoms with van der Waals surface area (Å²) in [5, 5.41) is 0. The molecular formula is C17H20N2O4. The predicted molar refractivity (Wildman–Crippen MR) is 82.8 cm³/mol. The number of hydrogen-bond acceptors (Lipinski definition) is 5. The minimum atomic E-state index is -0.393. The van der Waals surface area contributed by atoms with E-state index in [1.165, 1.54) is 0 Å². The van der Waals surface area contributed by atoms with Gasteiger partial charge in [0, 0.05) is 26.0 Å². The number of aryl methyl sites for hydroxylation is 1. The molecule has 1 aliphatic heterocycles. The average Bonchev–Trinajstić information content (AvgIpc) is 3.23. The SMILES string of the molecule is Cn1ccnc1COc1ccc(COC(=O)[C@H]2CCCO2)cc1. The highest BCUT2D eigenvalue weighted by Crippen LogP contribution is 2.16. The number of rotatable bonds is 6. The molecule has 6 heteroatoms. The monoisotopic (exact) mass is 316 g/mol. The van der Waals surface area contributed by atoms with Gasteiger partial charge in [-0.15, -0.1) is 0 Å². The van der Waals surface area contributed by atoms with Crippen molar-refractivity contribution in [3.8, 4) is 5.75 Å². The van der Waals surface area contributed by atoms with Crippen molar-refractivity contribution in [2.45, 2.75) is 32.2 Å². The fourth-order valence-corrected chi connectivity index (χ4v) is 2.38. The Hall–Kier alpha value is -2.34. The van der Waals surface area contributed by atoms with Crippen molar-refractivity contribution < 1.29 is 19.0 Å². The molecule has 0 N–H and O–H groups in total. The van der Waals surface area contributed by atoms with Gasteiger partial charge < -0.3 is 18.8 Å². The third kappa shape index (κ3) is 4.10. The molecule has 3 rings (SSSR count). The van der Waals surface area contributed by atoms with Crippen molar-refractivity contribution >= 4 is 5.97 Å². The molecule has 0 aliphatic carbocycles. The second kappa shape index (κ2) is 7.28. The summed E-state index contributed by atoms with van der Waals surface area (Å²) in [7, 11) is 1.93. The second-order valence-electron chi connectivity index (χ2n) is 5.50. The van der Waals surface area contributed by atoms with Gasteiger partial charge >= 0.3 is 5.97 Å². The molecule has 0 bridgehead atoms. The van der Waals surface area contributed by atoms with E-state index in [-0.39, 0.29) is 12.6 Å². The summed E-state index contributed by atoms with van der Waals surface area (Å²) in [5.74, 6) is 1.33. The summed E-state index contributed by atoms with van der Waals surface area (Å²) in [6.07, 6.45) is 4.89. The van der Waals surface area contributed by atoms with Crippen molar-refractivity contribution in [1.29, 1.82) is 0 Å². The van der Waals surface area contributed by atoms with E-state index in [9.17, 15) is 4.79 Å². The zero-order valence-corrected chi connectivity index (χ0v) is 13.1. The number of carbonyl (C=O) groups excluding carboxylic acids is 1. The molecule has 0 saturated carbocycles. The Morgan fingerprint density at radius 3 is 2.83 bits per heavy atom. The highest BCUT2D eigenvalue weighted by Gasteiger charge is 2.24. The maximum atomic E-state index is 11.8. The van der Waals surface area contributed by atoms with Gasteiger partial charge in [0.25, 0.3) is 0 Å². The first kappa shape index (κ1) is 15.6. The van der Waals surface area contributed by atoms with Crippen LogP contribution in [0.2, 0.25) is 0 Å². The Kier molecular flexibility index (Phi) is 4.92. The topological polar surface area (TPSA) is 62.6 Å². The van der Waals surface area contributed by atoms with Crippen molar-refractivity contribution in [3.05, 3.63) is 48.0 Å². The van der Waals surface area contributed by atoms with Gasteiger partial charge in [-0.3, -0.25) is 0 Å². The molecule has 23 heavy (non-hydrogen) atoms. The largest absolute Gasteiger partial charge is 0.486 e. The third-order valence-electron chi connectivity index (χ3n) is 3.79. The van der Waals surface area contributed by atoms with Crippen LogP contribution in [-0.4, -0.2) is 28.2 Å².